The third kappa shape index (κ3) is 4.88. The highest BCUT2D eigenvalue weighted by Gasteiger charge is 2.15. The molecule has 2 heteroatoms. The molecule has 2 nitrogen and oxygen atoms in total. The van der Waals surface area contributed by atoms with Gasteiger partial charge in [0.2, 0.25) is 0 Å². The Hall–Kier alpha value is -6.25. The summed E-state index contributed by atoms with van der Waals surface area (Å²) >= 11 is 0. The molecule has 0 aliphatic carbocycles. The number of hydrogen-bond donors (Lipinski definition) is 0. The van der Waals surface area contributed by atoms with Crippen LogP contribution in [0.5, 0.6) is 0 Å². The Morgan fingerprint density at radius 1 is 0.362 bits per heavy atom. The third-order valence-corrected chi connectivity index (χ3v) is 9.05. The van der Waals surface area contributed by atoms with Crippen molar-refractivity contribution in [2.45, 2.75) is 0 Å². The van der Waals surface area contributed by atoms with E-state index in [9.17, 15) is 0 Å². The van der Waals surface area contributed by atoms with Crippen molar-refractivity contribution in [1.29, 1.82) is 0 Å². The average molecular weight is 600 g/mol. The molecule has 0 bridgehead atoms. The summed E-state index contributed by atoms with van der Waals surface area (Å²) in [5.41, 5.74) is 12.8. The fourth-order valence-corrected chi connectivity index (χ4v) is 6.75. The molecule has 0 atom stereocenters. The van der Waals surface area contributed by atoms with E-state index in [-0.39, 0.29) is 0 Å². The molecular formula is C45H29NO. The van der Waals surface area contributed by atoms with Gasteiger partial charge >= 0.3 is 0 Å². The van der Waals surface area contributed by atoms with Gasteiger partial charge in [-0.05, 0) is 68.9 Å². The van der Waals surface area contributed by atoms with Gasteiger partial charge in [0.1, 0.15) is 11.2 Å². The molecule has 9 aromatic rings. The minimum Gasteiger partial charge on any atom is -0.455 e. The molecule has 0 N–H and O–H groups in total. The van der Waals surface area contributed by atoms with Crippen LogP contribution in [0.25, 0.3) is 88.6 Å². The minimum atomic E-state index is 0.914. The lowest BCUT2D eigenvalue weighted by molar-refractivity contribution is 0.670. The van der Waals surface area contributed by atoms with Gasteiger partial charge in [0.05, 0.1) is 11.4 Å². The number of aromatic nitrogens is 1. The molecular weight excluding hydrogens is 571 g/mol. The fraction of sp³-hybridized carbons (Fsp3) is 0. The first kappa shape index (κ1) is 27.1. The van der Waals surface area contributed by atoms with E-state index < -0.39 is 0 Å². The molecule has 47 heavy (non-hydrogen) atoms. The van der Waals surface area contributed by atoms with E-state index in [0.29, 0.717) is 0 Å². The summed E-state index contributed by atoms with van der Waals surface area (Å²) in [5.74, 6) is 0. The van der Waals surface area contributed by atoms with E-state index in [1.54, 1.807) is 0 Å². The number of benzene rings is 7. The third-order valence-electron chi connectivity index (χ3n) is 9.05. The normalized spacial score (nSPS) is 11.4. The predicted octanol–water partition coefficient (Wildman–Crippen LogP) is 12.5. The highest BCUT2D eigenvalue weighted by molar-refractivity contribution is 6.20. The van der Waals surface area contributed by atoms with E-state index in [1.165, 1.54) is 16.2 Å². The molecule has 0 amide bonds. The standard InChI is InChI=1S/C45H29NO/c1-3-13-31(14-4-1)41-28-37(29-42(46-41)32-15-5-2-6-16-32)35-19-9-17-33(26-35)34-18-10-20-36(27-34)39-22-11-23-40-44-38-21-8-7-12-30(38)24-25-43(44)47-45(39)40/h1-29H. The first-order valence-electron chi connectivity index (χ1n) is 16.0. The largest absolute Gasteiger partial charge is 0.455 e. The second kappa shape index (κ2) is 11.3. The van der Waals surface area contributed by atoms with Crippen molar-refractivity contribution in [2.24, 2.45) is 0 Å². The van der Waals surface area contributed by atoms with E-state index in [4.69, 9.17) is 9.40 Å². The van der Waals surface area contributed by atoms with Crippen molar-refractivity contribution in [3.63, 3.8) is 0 Å². The molecule has 220 valence electrons. The zero-order valence-electron chi connectivity index (χ0n) is 25.6. The van der Waals surface area contributed by atoms with Gasteiger partial charge in [0.15, 0.2) is 0 Å². The number of hydrogen-bond acceptors (Lipinski definition) is 2. The molecule has 0 unspecified atom stereocenters. The molecule has 0 aliphatic rings. The summed E-state index contributed by atoms with van der Waals surface area (Å²) in [7, 11) is 0. The summed E-state index contributed by atoms with van der Waals surface area (Å²) in [4.78, 5) is 5.07. The number of nitrogens with zero attached hydrogens (tertiary/aromatic N) is 1. The molecule has 0 saturated carbocycles. The quantitative estimate of drug-likeness (QED) is 0.197. The molecule has 9 rings (SSSR count). The lowest BCUT2D eigenvalue weighted by Gasteiger charge is -2.12. The summed E-state index contributed by atoms with van der Waals surface area (Å²) in [6.45, 7) is 0. The van der Waals surface area contributed by atoms with Gasteiger partial charge in [-0.15, -0.1) is 0 Å². The molecule has 2 heterocycles. The fourth-order valence-electron chi connectivity index (χ4n) is 6.75. The molecule has 7 aromatic carbocycles. The Morgan fingerprint density at radius 3 is 1.60 bits per heavy atom. The van der Waals surface area contributed by atoms with Crippen LogP contribution in [-0.2, 0) is 0 Å². The van der Waals surface area contributed by atoms with Crippen molar-refractivity contribution in [3.8, 4) is 55.9 Å². The number of furan rings is 1. The van der Waals surface area contributed by atoms with Gasteiger partial charge in [-0.1, -0.05) is 146 Å². The molecule has 0 radical (unpaired) electrons. The Kier molecular flexibility index (Phi) is 6.50. The average Bonchev–Trinajstić information content (AvgIpc) is 3.55. The van der Waals surface area contributed by atoms with Crippen LogP contribution < -0.4 is 0 Å². The zero-order valence-corrected chi connectivity index (χ0v) is 25.6. The second-order valence-electron chi connectivity index (χ2n) is 12.0. The van der Waals surface area contributed by atoms with Gasteiger partial charge in [-0.2, -0.15) is 0 Å². The lowest BCUT2D eigenvalue weighted by atomic mass is 9.94. The maximum Gasteiger partial charge on any atom is 0.143 e. The maximum atomic E-state index is 6.56. The van der Waals surface area contributed by atoms with Crippen molar-refractivity contribution >= 4 is 32.7 Å². The SMILES string of the molecule is c1ccc(-c2cc(-c3cccc(-c4cccc(-c5cccc6c5oc5ccc7ccccc7c56)c4)c3)cc(-c3ccccc3)n2)cc1. The second-order valence-corrected chi connectivity index (χ2v) is 12.0. The van der Waals surface area contributed by atoms with E-state index in [1.807, 2.05) is 12.1 Å². The van der Waals surface area contributed by atoms with Crippen molar-refractivity contribution in [3.05, 3.63) is 176 Å². The Labute approximate surface area is 273 Å². The van der Waals surface area contributed by atoms with Crippen LogP contribution >= 0.6 is 0 Å². The number of pyridine rings is 1. The van der Waals surface area contributed by atoms with Gasteiger partial charge in [-0.3, -0.25) is 0 Å². The minimum absolute atomic E-state index is 0.914. The van der Waals surface area contributed by atoms with E-state index in [2.05, 4.69) is 164 Å². The van der Waals surface area contributed by atoms with Gasteiger partial charge < -0.3 is 4.42 Å². The van der Waals surface area contributed by atoms with E-state index >= 15 is 0 Å². The molecule has 2 aromatic heterocycles. The van der Waals surface area contributed by atoms with Crippen LogP contribution in [0.15, 0.2) is 180 Å². The molecule has 0 fully saturated rings. The number of fused-ring (bicyclic) bond motifs is 5. The highest BCUT2D eigenvalue weighted by atomic mass is 16.3. The van der Waals surface area contributed by atoms with Crippen LogP contribution in [0.4, 0.5) is 0 Å². The summed E-state index contributed by atoms with van der Waals surface area (Å²) in [6.07, 6.45) is 0. The monoisotopic (exact) mass is 599 g/mol. The highest BCUT2D eigenvalue weighted by Crippen LogP contribution is 2.40. The molecule has 0 spiro atoms. The Bertz CT molecular complexity index is 2510. The van der Waals surface area contributed by atoms with Crippen LogP contribution in [0.3, 0.4) is 0 Å². The smallest absolute Gasteiger partial charge is 0.143 e. The van der Waals surface area contributed by atoms with Crippen LogP contribution in [0, 0.1) is 0 Å². The Balaban J connectivity index is 1.15. The van der Waals surface area contributed by atoms with Crippen molar-refractivity contribution < 1.29 is 4.42 Å². The summed E-state index contributed by atoms with van der Waals surface area (Å²) < 4.78 is 6.56. The van der Waals surface area contributed by atoms with Crippen LogP contribution in [0.2, 0.25) is 0 Å². The van der Waals surface area contributed by atoms with Crippen LogP contribution in [0.1, 0.15) is 0 Å². The van der Waals surface area contributed by atoms with Crippen molar-refractivity contribution in [1.82, 2.24) is 4.98 Å². The number of para-hydroxylation sites is 1. The molecule has 0 saturated heterocycles. The first-order valence-corrected chi connectivity index (χ1v) is 16.0. The molecule has 0 aliphatic heterocycles. The lowest BCUT2D eigenvalue weighted by Crippen LogP contribution is -1.91. The van der Waals surface area contributed by atoms with Crippen LogP contribution in [-0.4, -0.2) is 4.98 Å². The summed E-state index contributed by atoms with van der Waals surface area (Å²) in [5, 5.41) is 4.75. The topological polar surface area (TPSA) is 26.0 Å². The van der Waals surface area contributed by atoms with Gasteiger partial charge in [-0.25, -0.2) is 4.98 Å². The zero-order chi connectivity index (χ0) is 31.2. The first-order chi connectivity index (χ1) is 23.3. The Morgan fingerprint density at radius 2 is 0.894 bits per heavy atom. The summed E-state index contributed by atoms with van der Waals surface area (Å²) in [6, 6.07) is 62.0. The van der Waals surface area contributed by atoms with Crippen molar-refractivity contribution in [2.75, 3.05) is 0 Å². The predicted molar refractivity (Wildman–Crippen MR) is 196 cm³/mol. The number of rotatable bonds is 5. The maximum absolute atomic E-state index is 6.56. The van der Waals surface area contributed by atoms with Gasteiger partial charge in [0.25, 0.3) is 0 Å². The van der Waals surface area contributed by atoms with E-state index in [0.717, 1.165) is 72.4 Å². The van der Waals surface area contributed by atoms with Gasteiger partial charge in [0, 0.05) is 27.5 Å².